The number of anilines is 1. The van der Waals surface area contributed by atoms with E-state index in [0.29, 0.717) is 0 Å². The van der Waals surface area contributed by atoms with Crippen LogP contribution in [0.25, 0.3) is 0 Å². The van der Waals surface area contributed by atoms with Crippen LogP contribution in [0.4, 0.5) is 10.5 Å². The minimum absolute atomic E-state index is 0.00973. The Kier molecular flexibility index (Phi) is 6.83. The molecule has 3 N–H and O–H groups in total. The Morgan fingerprint density at radius 1 is 1.12 bits per heavy atom. The van der Waals surface area contributed by atoms with E-state index in [-0.39, 0.29) is 34.9 Å². The predicted octanol–water partition coefficient (Wildman–Crippen LogP) is 1.68. The lowest BCUT2D eigenvalue weighted by Gasteiger charge is -2.27. The number of carbonyl (C=O) groups excluding carboxylic acids is 3. The number of sulfonamides is 1. The van der Waals surface area contributed by atoms with E-state index in [9.17, 15) is 22.8 Å². The van der Waals surface area contributed by atoms with E-state index in [1.54, 1.807) is 25.1 Å². The van der Waals surface area contributed by atoms with Gasteiger partial charge < -0.3 is 24.5 Å². The number of amides is 2. The molecule has 1 atom stereocenters. The molecule has 1 unspecified atom stereocenters. The second-order valence-electron chi connectivity index (χ2n) is 6.66. The molecule has 1 aliphatic rings. The van der Waals surface area contributed by atoms with Gasteiger partial charge in [0.1, 0.15) is 18.4 Å². The fourth-order valence-corrected chi connectivity index (χ4v) is 3.59. The Hall–Kier alpha value is -3.80. The molecule has 1 aliphatic heterocycles. The number of benzene rings is 1. The second kappa shape index (κ2) is 9.56. The van der Waals surface area contributed by atoms with Crippen molar-refractivity contribution in [3.63, 3.8) is 0 Å². The smallest absolute Gasteiger partial charge is 0.340 e. The van der Waals surface area contributed by atoms with Gasteiger partial charge in [-0.25, -0.2) is 22.8 Å². The first-order chi connectivity index (χ1) is 15.2. The normalized spacial score (nSPS) is 16.1. The van der Waals surface area contributed by atoms with E-state index < -0.39 is 40.6 Å². The van der Waals surface area contributed by atoms with Gasteiger partial charge in [-0.2, -0.15) is 0 Å². The van der Waals surface area contributed by atoms with Gasteiger partial charge >= 0.3 is 18.0 Å². The van der Waals surface area contributed by atoms with E-state index in [4.69, 9.17) is 13.9 Å². The molecular formula is C20H21N3O8S. The largest absolute Gasteiger partial charge is 0.467 e. The van der Waals surface area contributed by atoms with Gasteiger partial charge in [-0.1, -0.05) is 12.1 Å². The van der Waals surface area contributed by atoms with Gasteiger partial charge in [0.2, 0.25) is 10.0 Å². The van der Waals surface area contributed by atoms with Crippen LogP contribution in [0.2, 0.25) is 0 Å². The highest BCUT2D eigenvalue weighted by Crippen LogP contribution is 2.28. The molecule has 0 fully saturated rings. The highest BCUT2D eigenvalue weighted by atomic mass is 32.2. The number of nitrogens with one attached hydrogen (secondary N) is 3. The molecule has 12 heteroatoms. The van der Waals surface area contributed by atoms with Gasteiger partial charge in [-0.15, -0.1) is 0 Å². The van der Waals surface area contributed by atoms with Crippen LogP contribution in [0.3, 0.4) is 0 Å². The highest BCUT2D eigenvalue weighted by molar-refractivity contribution is 7.92. The Morgan fingerprint density at radius 2 is 1.88 bits per heavy atom. The van der Waals surface area contributed by atoms with Crippen molar-refractivity contribution < 1.29 is 36.7 Å². The van der Waals surface area contributed by atoms with Crippen LogP contribution in [0.15, 0.2) is 58.3 Å². The third kappa shape index (κ3) is 5.46. The Labute approximate surface area is 183 Å². The SMILES string of the molecule is CCOC(=O)C1=C(COC(=O)c2ccccc2NS(C)(=O)=O)NC(=O)NC1c1ccco1. The van der Waals surface area contributed by atoms with Crippen LogP contribution in [0.5, 0.6) is 0 Å². The molecule has 2 amide bonds. The predicted molar refractivity (Wildman–Crippen MR) is 112 cm³/mol. The number of hydrogen-bond acceptors (Lipinski definition) is 8. The average molecular weight is 463 g/mol. The van der Waals surface area contributed by atoms with Crippen LogP contribution < -0.4 is 15.4 Å². The van der Waals surface area contributed by atoms with Gasteiger partial charge in [0.25, 0.3) is 0 Å². The number of para-hydroxylation sites is 1. The number of carbonyl (C=O) groups is 3. The molecule has 0 radical (unpaired) electrons. The lowest BCUT2D eigenvalue weighted by atomic mass is 10.0. The first kappa shape index (κ1) is 22.9. The molecule has 0 saturated carbocycles. The van der Waals surface area contributed by atoms with Gasteiger partial charge in [0.15, 0.2) is 0 Å². The van der Waals surface area contributed by atoms with Gasteiger partial charge in [-0.05, 0) is 31.2 Å². The summed E-state index contributed by atoms with van der Waals surface area (Å²) in [5.41, 5.74) is 0.00806. The minimum atomic E-state index is -3.64. The Balaban J connectivity index is 1.90. The summed E-state index contributed by atoms with van der Waals surface area (Å²) in [5.74, 6) is -1.31. The van der Waals surface area contributed by atoms with Crippen molar-refractivity contribution in [2.45, 2.75) is 13.0 Å². The fraction of sp³-hybridized carbons (Fsp3) is 0.250. The maximum absolute atomic E-state index is 12.6. The zero-order chi connectivity index (χ0) is 23.3. The van der Waals surface area contributed by atoms with Crippen molar-refractivity contribution in [1.82, 2.24) is 10.6 Å². The van der Waals surface area contributed by atoms with Gasteiger partial charge in [0.05, 0.1) is 41.6 Å². The van der Waals surface area contributed by atoms with Crippen LogP contribution in [-0.4, -0.2) is 45.9 Å². The minimum Gasteiger partial charge on any atom is -0.467 e. The van der Waals surface area contributed by atoms with Gasteiger partial charge in [0, 0.05) is 0 Å². The molecule has 1 aromatic carbocycles. The molecule has 0 bridgehead atoms. The summed E-state index contributed by atoms with van der Waals surface area (Å²) in [7, 11) is -3.64. The molecule has 3 rings (SSSR count). The van der Waals surface area contributed by atoms with E-state index in [1.165, 1.54) is 24.5 Å². The summed E-state index contributed by atoms with van der Waals surface area (Å²) in [6, 6.07) is 7.45. The second-order valence-corrected chi connectivity index (χ2v) is 8.40. The lowest BCUT2D eigenvalue weighted by Crippen LogP contribution is -2.47. The van der Waals surface area contributed by atoms with E-state index >= 15 is 0 Å². The molecule has 0 spiro atoms. The van der Waals surface area contributed by atoms with Crippen molar-refractivity contribution >= 4 is 33.7 Å². The molecule has 2 heterocycles. The number of esters is 2. The van der Waals surface area contributed by atoms with Gasteiger partial charge in [-0.3, -0.25) is 4.72 Å². The molecule has 11 nitrogen and oxygen atoms in total. The van der Waals surface area contributed by atoms with Crippen LogP contribution in [0.1, 0.15) is 29.1 Å². The maximum Gasteiger partial charge on any atom is 0.340 e. The summed E-state index contributed by atoms with van der Waals surface area (Å²) < 4.78 is 41.1. The molecule has 170 valence electrons. The van der Waals surface area contributed by atoms with Crippen LogP contribution in [0, 0.1) is 0 Å². The van der Waals surface area contributed by atoms with Crippen LogP contribution >= 0.6 is 0 Å². The third-order valence-electron chi connectivity index (χ3n) is 4.27. The number of urea groups is 1. The van der Waals surface area contributed by atoms with E-state index in [0.717, 1.165) is 6.26 Å². The number of ether oxygens (including phenoxy) is 2. The van der Waals surface area contributed by atoms with Crippen molar-refractivity contribution in [3.05, 3.63) is 65.3 Å². The summed E-state index contributed by atoms with van der Waals surface area (Å²) in [6.07, 6.45) is 2.34. The third-order valence-corrected chi connectivity index (χ3v) is 4.86. The lowest BCUT2D eigenvalue weighted by molar-refractivity contribution is -0.139. The average Bonchev–Trinajstić information content (AvgIpc) is 3.25. The first-order valence-electron chi connectivity index (χ1n) is 9.44. The zero-order valence-corrected chi connectivity index (χ0v) is 18.0. The standard InChI is InChI=1S/C20H21N3O8S/c1-3-29-19(25)16-14(21-20(26)22-17(16)15-9-6-10-30-15)11-31-18(24)12-7-4-5-8-13(12)23-32(2,27)28/h4-10,17,23H,3,11H2,1-2H3,(H2,21,22,26). The first-order valence-corrected chi connectivity index (χ1v) is 11.3. The molecule has 1 aromatic heterocycles. The Morgan fingerprint density at radius 3 is 2.53 bits per heavy atom. The summed E-state index contributed by atoms with van der Waals surface area (Å²) in [4.78, 5) is 37.4. The van der Waals surface area contributed by atoms with Crippen molar-refractivity contribution in [2.24, 2.45) is 0 Å². The van der Waals surface area contributed by atoms with Crippen molar-refractivity contribution in [3.8, 4) is 0 Å². The van der Waals surface area contributed by atoms with Crippen molar-refractivity contribution in [2.75, 3.05) is 24.2 Å². The van der Waals surface area contributed by atoms with E-state index in [2.05, 4.69) is 15.4 Å². The number of rotatable bonds is 8. The van der Waals surface area contributed by atoms with Crippen molar-refractivity contribution in [1.29, 1.82) is 0 Å². The summed E-state index contributed by atoms with van der Waals surface area (Å²) in [6.45, 7) is 1.23. The van der Waals surface area contributed by atoms with E-state index in [1.807, 2.05) is 0 Å². The summed E-state index contributed by atoms with van der Waals surface area (Å²) >= 11 is 0. The fourth-order valence-electron chi connectivity index (χ4n) is 3.02. The number of furan rings is 1. The quantitative estimate of drug-likeness (QED) is 0.500. The van der Waals surface area contributed by atoms with Crippen LogP contribution in [-0.2, 0) is 24.3 Å². The highest BCUT2D eigenvalue weighted by Gasteiger charge is 2.35. The number of hydrogen-bond donors (Lipinski definition) is 3. The monoisotopic (exact) mass is 463 g/mol. The molecular weight excluding hydrogens is 442 g/mol. The molecule has 2 aromatic rings. The summed E-state index contributed by atoms with van der Waals surface area (Å²) in [5, 5.41) is 5.03. The molecule has 0 saturated heterocycles. The zero-order valence-electron chi connectivity index (χ0n) is 17.2. The Bertz CT molecular complexity index is 1160. The topological polar surface area (TPSA) is 153 Å². The maximum atomic E-state index is 12.6. The molecule has 0 aliphatic carbocycles. The molecule has 32 heavy (non-hydrogen) atoms.